The standard InChI is InChI=1S/C14H23BrN2O2/c1-19-9-8-17-14(12(15)10-16-17)13(18)7-6-11-4-2-3-5-11/h10-11,13,18H,2-9H2,1H3. The Kier molecular flexibility index (Phi) is 5.85. The second-order valence-corrected chi connectivity index (χ2v) is 6.19. The molecule has 1 atom stereocenters. The third-order valence-corrected chi connectivity index (χ3v) is 4.59. The maximum Gasteiger partial charge on any atom is 0.0968 e. The number of hydrogen-bond donors (Lipinski definition) is 1. The highest BCUT2D eigenvalue weighted by Crippen LogP contribution is 2.33. The fourth-order valence-corrected chi connectivity index (χ4v) is 3.45. The molecule has 1 fully saturated rings. The minimum absolute atomic E-state index is 0.436. The molecule has 0 bridgehead atoms. The largest absolute Gasteiger partial charge is 0.387 e. The van der Waals surface area contributed by atoms with Gasteiger partial charge in [-0.1, -0.05) is 25.7 Å². The first kappa shape index (κ1) is 15.0. The van der Waals surface area contributed by atoms with E-state index in [9.17, 15) is 5.11 Å². The molecule has 1 saturated carbocycles. The van der Waals surface area contributed by atoms with Gasteiger partial charge in [0.1, 0.15) is 0 Å². The van der Waals surface area contributed by atoms with Gasteiger partial charge in [-0.05, 0) is 34.7 Å². The van der Waals surface area contributed by atoms with Crippen LogP contribution in [-0.2, 0) is 11.3 Å². The van der Waals surface area contributed by atoms with Gasteiger partial charge >= 0.3 is 0 Å². The molecule has 1 N–H and O–H groups in total. The van der Waals surface area contributed by atoms with E-state index in [-0.39, 0.29) is 0 Å². The van der Waals surface area contributed by atoms with Crippen LogP contribution < -0.4 is 0 Å². The Bertz CT molecular complexity index is 389. The predicted octanol–water partition coefficient (Wildman–Crippen LogP) is 3.30. The van der Waals surface area contributed by atoms with E-state index < -0.39 is 6.10 Å². The van der Waals surface area contributed by atoms with E-state index in [1.54, 1.807) is 13.3 Å². The van der Waals surface area contributed by atoms with Crippen LogP contribution in [-0.4, -0.2) is 28.6 Å². The minimum Gasteiger partial charge on any atom is -0.387 e. The summed E-state index contributed by atoms with van der Waals surface area (Å²) >= 11 is 3.48. The number of aliphatic hydroxyl groups is 1. The maximum absolute atomic E-state index is 10.4. The van der Waals surface area contributed by atoms with Crippen LogP contribution >= 0.6 is 15.9 Å². The molecule has 1 aliphatic rings. The van der Waals surface area contributed by atoms with E-state index in [1.807, 2.05) is 4.68 Å². The maximum atomic E-state index is 10.4. The van der Waals surface area contributed by atoms with Crippen LogP contribution in [0.25, 0.3) is 0 Å². The van der Waals surface area contributed by atoms with Crippen molar-refractivity contribution >= 4 is 15.9 Å². The van der Waals surface area contributed by atoms with Crippen LogP contribution in [0.5, 0.6) is 0 Å². The Morgan fingerprint density at radius 3 is 2.95 bits per heavy atom. The molecule has 2 rings (SSSR count). The summed E-state index contributed by atoms with van der Waals surface area (Å²) in [7, 11) is 1.68. The van der Waals surface area contributed by atoms with Crippen LogP contribution in [0, 0.1) is 5.92 Å². The predicted molar refractivity (Wildman–Crippen MR) is 78.0 cm³/mol. The molecular weight excluding hydrogens is 308 g/mol. The average Bonchev–Trinajstić information content (AvgIpc) is 3.03. The topological polar surface area (TPSA) is 47.3 Å². The highest BCUT2D eigenvalue weighted by atomic mass is 79.9. The molecule has 1 unspecified atom stereocenters. The van der Waals surface area contributed by atoms with Crippen molar-refractivity contribution in [2.75, 3.05) is 13.7 Å². The molecule has 0 aliphatic heterocycles. The van der Waals surface area contributed by atoms with Gasteiger partial charge < -0.3 is 9.84 Å². The van der Waals surface area contributed by atoms with E-state index in [0.717, 1.165) is 28.9 Å². The lowest BCUT2D eigenvalue weighted by Gasteiger charge is -2.16. The van der Waals surface area contributed by atoms with Crippen LogP contribution in [0.2, 0.25) is 0 Å². The number of halogens is 1. The number of aromatic nitrogens is 2. The van der Waals surface area contributed by atoms with Crippen molar-refractivity contribution < 1.29 is 9.84 Å². The molecule has 1 aromatic heterocycles. The number of hydrogen-bond acceptors (Lipinski definition) is 3. The summed E-state index contributed by atoms with van der Waals surface area (Å²) in [6.45, 7) is 1.29. The van der Waals surface area contributed by atoms with E-state index in [2.05, 4.69) is 21.0 Å². The molecule has 0 radical (unpaired) electrons. The first-order valence-corrected chi connectivity index (χ1v) is 7.90. The van der Waals surface area contributed by atoms with E-state index in [4.69, 9.17) is 4.74 Å². The highest BCUT2D eigenvalue weighted by molar-refractivity contribution is 9.10. The number of methoxy groups -OCH3 is 1. The third kappa shape index (κ3) is 4.04. The van der Waals surface area contributed by atoms with Gasteiger partial charge in [0.05, 0.1) is 35.6 Å². The zero-order chi connectivity index (χ0) is 13.7. The molecule has 1 aromatic rings. The SMILES string of the molecule is COCCn1ncc(Br)c1C(O)CCC1CCCC1. The number of ether oxygens (including phenoxy) is 1. The van der Waals surface area contributed by atoms with Gasteiger partial charge in [-0.3, -0.25) is 4.68 Å². The molecule has 0 spiro atoms. The minimum atomic E-state index is -0.436. The van der Waals surface area contributed by atoms with Crippen LogP contribution in [0.4, 0.5) is 0 Å². The van der Waals surface area contributed by atoms with Gasteiger partial charge in [0.2, 0.25) is 0 Å². The van der Waals surface area contributed by atoms with Crippen molar-refractivity contribution in [3.05, 3.63) is 16.4 Å². The Morgan fingerprint density at radius 1 is 1.53 bits per heavy atom. The number of nitrogens with zero attached hydrogens (tertiary/aromatic N) is 2. The van der Waals surface area contributed by atoms with Crippen molar-refractivity contribution in [3.63, 3.8) is 0 Å². The van der Waals surface area contributed by atoms with Crippen LogP contribution in [0.15, 0.2) is 10.7 Å². The summed E-state index contributed by atoms with van der Waals surface area (Å²) in [5.41, 5.74) is 0.884. The molecule has 1 aliphatic carbocycles. The molecule has 5 heteroatoms. The summed E-state index contributed by atoms with van der Waals surface area (Å²) in [5, 5.41) is 14.7. The molecule has 1 heterocycles. The molecule has 0 amide bonds. The van der Waals surface area contributed by atoms with E-state index in [1.165, 1.54) is 25.7 Å². The molecule has 0 aromatic carbocycles. The zero-order valence-corrected chi connectivity index (χ0v) is 13.1. The van der Waals surface area contributed by atoms with Gasteiger partial charge in [-0.25, -0.2) is 0 Å². The Morgan fingerprint density at radius 2 is 2.26 bits per heavy atom. The van der Waals surface area contributed by atoms with Gasteiger partial charge in [0, 0.05) is 7.11 Å². The monoisotopic (exact) mass is 330 g/mol. The average molecular weight is 331 g/mol. The molecule has 4 nitrogen and oxygen atoms in total. The lowest BCUT2D eigenvalue weighted by molar-refractivity contribution is 0.138. The van der Waals surface area contributed by atoms with Gasteiger partial charge in [-0.15, -0.1) is 0 Å². The molecule has 108 valence electrons. The summed E-state index contributed by atoms with van der Waals surface area (Å²) in [4.78, 5) is 0. The molecular formula is C14H23BrN2O2. The Balaban J connectivity index is 1.92. The summed E-state index contributed by atoms with van der Waals surface area (Å²) in [6.07, 6.45) is 8.63. The van der Waals surface area contributed by atoms with Gasteiger partial charge in [0.15, 0.2) is 0 Å². The fourth-order valence-electron chi connectivity index (χ4n) is 2.89. The van der Waals surface area contributed by atoms with Crippen LogP contribution in [0.1, 0.15) is 50.3 Å². The van der Waals surface area contributed by atoms with Gasteiger partial charge in [0.25, 0.3) is 0 Å². The van der Waals surface area contributed by atoms with Crippen molar-refractivity contribution in [1.82, 2.24) is 9.78 Å². The first-order valence-electron chi connectivity index (χ1n) is 7.10. The molecule has 19 heavy (non-hydrogen) atoms. The second-order valence-electron chi connectivity index (χ2n) is 5.34. The first-order chi connectivity index (χ1) is 9.22. The summed E-state index contributed by atoms with van der Waals surface area (Å²) in [6, 6.07) is 0. The quantitative estimate of drug-likeness (QED) is 0.834. The highest BCUT2D eigenvalue weighted by Gasteiger charge is 2.21. The molecule has 0 saturated heterocycles. The van der Waals surface area contributed by atoms with Crippen LogP contribution in [0.3, 0.4) is 0 Å². The van der Waals surface area contributed by atoms with Crippen molar-refractivity contribution in [1.29, 1.82) is 0 Å². The smallest absolute Gasteiger partial charge is 0.0968 e. The van der Waals surface area contributed by atoms with Crippen molar-refractivity contribution in [2.45, 2.75) is 51.2 Å². The third-order valence-electron chi connectivity index (χ3n) is 3.98. The Hall–Kier alpha value is -0.390. The zero-order valence-electron chi connectivity index (χ0n) is 11.5. The van der Waals surface area contributed by atoms with E-state index >= 15 is 0 Å². The summed E-state index contributed by atoms with van der Waals surface area (Å²) in [5.74, 6) is 0.809. The van der Waals surface area contributed by atoms with Gasteiger partial charge in [-0.2, -0.15) is 5.10 Å². The Labute approximate surface area is 123 Å². The number of rotatable bonds is 7. The normalized spacial score (nSPS) is 18.1. The van der Waals surface area contributed by atoms with Crippen molar-refractivity contribution in [3.8, 4) is 0 Å². The lowest BCUT2D eigenvalue weighted by atomic mass is 9.98. The van der Waals surface area contributed by atoms with Crippen molar-refractivity contribution in [2.24, 2.45) is 5.92 Å². The summed E-state index contributed by atoms with van der Waals surface area (Å²) < 4.78 is 7.80. The van der Waals surface area contributed by atoms with E-state index in [0.29, 0.717) is 13.2 Å². The lowest BCUT2D eigenvalue weighted by Crippen LogP contribution is -2.13. The second kappa shape index (κ2) is 7.41. The fraction of sp³-hybridized carbons (Fsp3) is 0.786. The number of aliphatic hydroxyl groups excluding tert-OH is 1.